The van der Waals surface area contributed by atoms with Crippen LogP contribution in [0.4, 0.5) is 0 Å². The van der Waals surface area contributed by atoms with Gasteiger partial charge in [-0.1, -0.05) is 37.5 Å². The Bertz CT molecular complexity index is 491. The fourth-order valence-corrected chi connectivity index (χ4v) is 4.52. The van der Waals surface area contributed by atoms with Crippen LogP contribution in [0.1, 0.15) is 61.0 Å². The molecule has 1 aromatic carbocycles. The van der Waals surface area contributed by atoms with Gasteiger partial charge < -0.3 is 10.1 Å². The Morgan fingerprint density at radius 1 is 1.19 bits per heavy atom. The molecule has 21 heavy (non-hydrogen) atoms. The third-order valence-electron chi connectivity index (χ3n) is 5.37. The molecule has 0 bridgehead atoms. The van der Waals surface area contributed by atoms with Gasteiger partial charge in [0.2, 0.25) is 0 Å². The smallest absolute Gasteiger partial charge is 0.0955 e. The fraction of sp³-hybridized carbons (Fsp3) is 0.684. The van der Waals surface area contributed by atoms with Gasteiger partial charge >= 0.3 is 0 Å². The molecule has 3 rings (SSSR count). The van der Waals surface area contributed by atoms with Crippen LogP contribution >= 0.6 is 0 Å². The predicted molar refractivity (Wildman–Crippen MR) is 87.7 cm³/mol. The average Bonchev–Trinajstić information content (AvgIpc) is 2.40. The number of morpholine rings is 1. The summed E-state index contributed by atoms with van der Waals surface area (Å²) in [6.45, 7) is 10.8. The van der Waals surface area contributed by atoms with Crippen molar-refractivity contribution < 1.29 is 4.74 Å². The molecule has 2 heteroatoms. The lowest BCUT2D eigenvalue weighted by Gasteiger charge is -2.46. The van der Waals surface area contributed by atoms with E-state index in [1.54, 1.807) is 0 Å². The van der Waals surface area contributed by atoms with Crippen molar-refractivity contribution in [1.29, 1.82) is 0 Å². The van der Waals surface area contributed by atoms with E-state index in [0.717, 1.165) is 19.1 Å². The van der Waals surface area contributed by atoms with Gasteiger partial charge in [-0.25, -0.2) is 0 Å². The second-order valence-electron chi connectivity index (χ2n) is 7.47. The molecular weight excluding hydrogens is 258 g/mol. The van der Waals surface area contributed by atoms with Crippen molar-refractivity contribution in [3.05, 3.63) is 34.4 Å². The van der Waals surface area contributed by atoms with E-state index >= 15 is 0 Å². The second-order valence-corrected chi connectivity index (χ2v) is 7.47. The number of ether oxygens (including phenoxy) is 1. The Kier molecular flexibility index (Phi) is 4.11. The van der Waals surface area contributed by atoms with Crippen LogP contribution in [0, 0.1) is 26.7 Å². The lowest BCUT2D eigenvalue weighted by molar-refractivity contribution is -0.0531. The number of hydrogen-bond donors (Lipinski definition) is 1. The van der Waals surface area contributed by atoms with E-state index in [4.69, 9.17) is 4.74 Å². The molecule has 3 atom stereocenters. The summed E-state index contributed by atoms with van der Waals surface area (Å²) in [5.41, 5.74) is 5.72. The summed E-state index contributed by atoms with van der Waals surface area (Å²) >= 11 is 0. The Hall–Kier alpha value is -0.860. The van der Waals surface area contributed by atoms with Crippen LogP contribution in [0.3, 0.4) is 0 Å². The summed E-state index contributed by atoms with van der Waals surface area (Å²) in [6, 6.07) is 4.55. The molecule has 1 saturated carbocycles. The zero-order valence-corrected chi connectivity index (χ0v) is 14.0. The van der Waals surface area contributed by atoms with Crippen LogP contribution in [0.2, 0.25) is 0 Å². The normalized spacial score (nSPS) is 33.3. The molecule has 116 valence electrons. The van der Waals surface area contributed by atoms with E-state index in [1.165, 1.54) is 47.9 Å². The van der Waals surface area contributed by atoms with E-state index in [1.807, 2.05) is 0 Å². The minimum Gasteiger partial charge on any atom is -0.370 e. The van der Waals surface area contributed by atoms with Crippen LogP contribution in [-0.2, 0) is 4.74 Å². The molecular formula is C19H29NO. The van der Waals surface area contributed by atoms with E-state index in [-0.39, 0.29) is 11.6 Å². The Balaban J connectivity index is 1.74. The molecule has 2 nitrogen and oxygen atoms in total. The van der Waals surface area contributed by atoms with Crippen molar-refractivity contribution in [2.45, 2.75) is 65.0 Å². The van der Waals surface area contributed by atoms with E-state index in [0.29, 0.717) is 0 Å². The van der Waals surface area contributed by atoms with Crippen molar-refractivity contribution in [2.24, 2.45) is 5.92 Å². The van der Waals surface area contributed by atoms with Crippen molar-refractivity contribution in [2.75, 3.05) is 13.2 Å². The summed E-state index contributed by atoms with van der Waals surface area (Å²) in [6.07, 6.45) is 5.48. The largest absolute Gasteiger partial charge is 0.370 e. The van der Waals surface area contributed by atoms with Gasteiger partial charge in [-0.05, 0) is 56.2 Å². The number of aryl methyl sites for hydroxylation is 3. The molecule has 1 aliphatic heterocycles. The average molecular weight is 287 g/mol. The van der Waals surface area contributed by atoms with E-state index in [2.05, 4.69) is 45.1 Å². The number of hydrogen-bond acceptors (Lipinski definition) is 2. The quantitative estimate of drug-likeness (QED) is 0.835. The Morgan fingerprint density at radius 2 is 1.90 bits per heavy atom. The highest BCUT2D eigenvalue weighted by molar-refractivity contribution is 5.39. The van der Waals surface area contributed by atoms with Crippen molar-refractivity contribution in [1.82, 2.24) is 5.32 Å². The third kappa shape index (κ3) is 3.02. The maximum Gasteiger partial charge on any atom is 0.0955 e. The first-order chi connectivity index (χ1) is 9.99. The van der Waals surface area contributed by atoms with Crippen molar-refractivity contribution in [3.63, 3.8) is 0 Å². The summed E-state index contributed by atoms with van der Waals surface area (Å²) in [5.74, 6) is 0.828. The van der Waals surface area contributed by atoms with Gasteiger partial charge in [0.15, 0.2) is 0 Å². The van der Waals surface area contributed by atoms with Crippen LogP contribution < -0.4 is 5.32 Å². The van der Waals surface area contributed by atoms with Gasteiger partial charge in [0.25, 0.3) is 0 Å². The first-order valence-corrected chi connectivity index (χ1v) is 8.43. The minimum absolute atomic E-state index is 0.216. The molecule has 1 saturated heterocycles. The number of nitrogens with one attached hydrogen (secondary N) is 1. The molecule has 1 spiro atoms. The predicted octanol–water partition coefficient (Wildman–Crippen LogP) is 4.22. The summed E-state index contributed by atoms with van der Waals surface area (Å²) in [7, 11) is 0. The first-order valence-electron chi connectivity index (χ1n) is 8.43. The lowest BCUT2D eigenvalue weighted by Crippen LogP contribution is -2.57. The van der Waals surface area contributed by atoms with Gasteiger partial charge in [0, 0.05) is 12.1 Å². The third-order valence-corrected chi connectivity index (χ3v) is 5.37. The SMILES string of the molecule is Cc1cc(C)c(C2CNC3(CCCC(C)C3)CO2)c(C)c1. The highest BCUT2D eigenvalue weighted by Crippen LogP contribution is 2.37. The van der Waals surface area contributed by atoms with Crippen LogP contribution in [0.25, 0.3) is 0 Å². The minimum atomic E-state index is 0.216. The lowest BCUT2D eigenvalue weighted by atomic mass is 9.76. The maximum atomic E-state index is 6.34. The monoisotopic (exact) mass is 287 g/mol. The van der Waals surface area contributed by atoms with Gasteiger partial charge in [-0.3, -0.25) is 0 Å². The van der Waals surface area contributed by atoms with Crippen molar-refractivity contribution in [3.8, 4) is 0 Å². The standard InChI is InChI=1S/C19H29NO/c1-13-6-5-7-19(10-13)12-21-17(11-20-19)18-15(3)8-14(2)9-16(18)4/h8-9,13,17,20H,5-7,10-12H2,1-4H3. The topological polar surface area (TPSA) is 21.3 Å². The van der Waals surface area contributed by atoms with Crippen molar-refractivity contribution >= 4 is 0 Å². The highest BCUT2D eigenvalue weighted by Gasteiger charge is 2.39. The molecule has 2 fully saturated rings. The Labute approximate surface area is 129 Å². The van der Waals surface area contributed by atoms with Gasteiger partial charge in [-0.15, -0.1) is 0 Å². The first kappa shape index (κ1) is 15.1. The van der Waals surface area contributed by atoms with Crippen LogP contribution in [0.15, 0.2) is 12.1 Å². The zero-order chi connectivity index (χ0) is 15.0. The molecule has 0 aromatic heterocycles. The molecule has 0 radical (unpaired) electrons. The van der Waals surface area contributed by atoms with Crippen LogP contribution in [0.5, 0.6) is 0 Å². The molecule has 0 amide bonds. The van der Waals surface area contributed by atoms with Crippen LogP contribution in [-0.4, -0.2) is 18.7 Å². The molecule has 3 unspecified atom stereocenters. The zero-order valence-electron chi connectivity index (χ0n) is 14.0. The molecule has 1 aliphatic carbocycles. The van der Waals surface area contributed by atoms with E-state index in [9.17, 15) is 0 Å². The summed E-state index contributed by atoms with van der Waals surface area (Å²) < 4.78 is 6.34. The fourth-order valence-electron chi connectivity index (χ4n) is 4.52. The summed E-state index contributed by atoms with van der Waals surface area (Å²) in [5, 5.41) is 3.86. The number of benzene rings is 1. The Morgan fingerprint density at radius 3 is 2.48 bits per heavy atom. The molecule has 1 heterocycles. The molecule has 1 N–H and O–H groups in total. The van der Waals surface area contributed by atoms with E-state index < -0.39 is 0 Å². The molecule has 1 aromatic rings. The van der Waals surface area contributed by atoms with Gasteiger partial charge in [0.05, 0.1) is 12.7 Å². The molecule has 2 aliphatic rings. The van der Waals surface area contributed by atoms with Gasteiger partial charge in [0.1, 0.15) is 0 Å². The maximum absolute atomic E-state index is 6.34. The summed E-state index contributed by atoms with van der Waals surface area (Å²) in [4.78, 5) is 0. The second kappa shape index (κ2) is 5.73. The van der Waals surface area contributed by atoms with Gasteiger partial charge in [-0.2, -0.15) is 0 Å². The number of rotatable bonds is 1. The highest BCUT2D eigenvalue weighted by atomic mass is 16.5.